The number of hydrogen-bond acceptors (Lipinski definition) is 4. The topological polar surface area (TPSA) is 38.2 Å². The fourth-order valence-electron chi connectivity index (χ4n) is 1.88. The molecule has 0 bridgehead atoms. The first-order chi connectivity index (χ1) is 7.20. The quantitative estimate of drug-likeness (QED) is 0.770. The maximum atomic E-state index is 5.09. The number of ether oxygens (including phenoxy) is 1. The van der Waals surface area contributed by atoms with E-state index in [1.54, 1.807) is 13.4 Å². The fraction of sp³-hybridized carbons (Fsp3) is 0.600. The van der Waals surface area contributed by atoms with E-state index in [0.29, 0.717) is 16.7 Å². The van der Waals surface area contributed by atoms with E-state index in [0.717, 1.165) is 18.8 Å². The average molecular weight is 272 g/mol. The van der Waals surface area contributed by atoms with Gasteiger partial charge in [0.05, 0.1) is 7.11 Å². The van der Waals surface area contributed by atoms with Gasteiger partial charge in [-0.25, -0.2) is 9.97 Å². The van der Waals surface area contributed by atoms with Gasteiger partial charge in [0, 0.05) is 23.5 Å². The van der Waals surface area contributed by atoms with Crippen LogP contribution in [0, 0.1) is 0 Å². The van der Waals surface area contributed by atoms with Crippen LogP contribution >= 0.6 is 15.9 Å². The van der Waals surface area contributed by atoms with E-state index < -0.39 is 0 Å². The molecule has 2 heterocycles. The predicted octanol–water partition coefficient (Wildman–Crippen LogP) is 1.85. The summed E-state index contributed by atoms with van der Waals surface area (Å²) in [6, 6.07) is 2.38. The number of rotatable bonds is 2. The van der Waals surface area contributed by atoms with Gasteiger partial charge in [-0.05, 0) is 13.3 Å². The largest absolute Gasteiger partial charge is 0.481 e. The van der Waals surface area contributed by atoms with Crippen LogP contribution in [0.5, 0.6) is 5.88 Å². The second kappa shape index (κ2) is 4.35. The zero-order chi connectivity index (χ0) is 10.8. The summed E-state index contributed by atoms with van der Waals surface area (Å²) in [4.78, 5) is 11.1. The van der Waals surface area contributed by atoms with Crippen molar-refractivity contribution in [3.05, 3.63) is 12.4 Å². The van der Waals surface area contributed by atoms with E-state index in [2.05, 4.69) is 37.7 Å². The minimum absolute atomic E-state index is 0.508. The van der Waals surface area contributed by atoms with Gasteiger partial charge in [-0.1, -0.05) is 15.9 Å². The normalized spacial score (nSPS) is 25.7. The van der Waals surface area contributed by atoms with Crippen LogP contribution in [0.1, 0.15) is 13.3 Å². The van der Waals surface area contributed by atoms with Gasteiger partial charge in [0.25, 0.3) is 0 Å². The lowest BCUT2D eigenvalue weighted by molar-refractivity contribution is 0.396. The van der Waals surface area contributed by atoms with Crippen LogP contribution in [0.2, 0.25) is 0 Å². The highest BCUT2D eigenvalue weighted by Gasteiger charge is 2.28. The Balaban J connectivity index is 2.21. The van der Waals surface area contributed by atoms with Gasteiger partial charge >= 0.3 is 0 Å². The Morgan fingerprint density at radius 3 is 2.93 bits per heavy atom. The van der Waals surface area contributed by atoms with Crippen molar-refractivity contribution in [2.45, 2.75) is 24.2 Å². The summed E-state index contributed by atoms with van der Waals surface area (Å²) in [6.45, 7) is 3.19. The van der Waals surface area contributed by atoms with Crippen LogP contribution in [0.4, 0.5) is 5.82 Å². The van der Waals surface area contributed by atoms with Crippen molar-refractivity contribution in [3.8, 4) is 5.88 Å². The van der Waals surface area contributed by atoms with Gasteiger partial charge in [-0.15, -0.1) is 0 Å². The molecule has 0 amide bonds. The van der Waals surface area contributed by atoms with Gasteiger partial charge in [0.15, 0.2) is 0 Å². The number of methoxy groups -OCH3 is 1. The number of nitrogens with zero attached hydrogens (tertiary/aromatic N) is 3. The molecule has 1 saturated heterocycles. The molecule has 2 atom stereocenters. The number of anilines is 1. The van der Waals surface area contributed by atoms with Gasteiger partial charge in [-0.2, -0.15) is 0 Å². The van der Waals surface area contributed by atoms with Crippen LogP contribution in [0.15, 0.2) is 12.4 Å². The van der Waals surface area contributed by atoms with Crippen molar-refractivity contribution in [3.63, 3.8) is 0 Å². The monoisotopic (exact) mass is 271 g/mol. The molecule has 1 aliphatic heterocycles. The highest BCUT2D eigenvalue weighted by molar-refractivity contribution is 9.09. The zero-order valence-electron chi connectivity index (χ0n) is 8.85. The molecule has 1 aliphatic rings. The molecule has 4 nitrogen and oxygen atoms in total. The Kier molecular flexibility index (Phi) is 3.09. The molecular formula is C10H14BrN3O. The molecule has 82 valence electrons. The molecule has 0 aliphatic carbocycles. The Morgan fingerprint density at radius 1 is 1.53 bits per heavy atom. The van der Waals surface area contributed by atoms with Gasteiger partial charge in [0.2, 0.25) is 5.88 Å². The van der Waals surface area contributed by atoms with Gasteiger partial charge < -0.3 is 9.64 Å². The second-order valence-corrected chi connectivity index (χ2v) is 5.05. The van der Waals surface area contributed by atoms with Crippen molar-refractivity contribution < 1.29 is 4.74 Å². The maximum Gasteiger partial charge on any atom is 0.218 e. The molecule has 15 heavy (non-hydrogen) atoms. The molecule has 1 fully saturated rings. The Bertz CT molecular complexity index is 347. The van der Waals surface area contributed by atoms with Crippen LogP contribution < -0.4 is 9.64 Å². The minimum atomic E-state index is 0.508. The highest BCUT2D eigenvalue weighted by Crippen LogP contribution is 2.28. The molecule has 2 rings (SSSR count). The molecule has 1 aromatic rings. The summed E-state index contributed by atoms with van der Waals surface area (Å²) in [6.07, 6.45) is 2.69. The van der Waals surface area contributed by atoms with Crippen LogP contribution in [-0.4, -0.2) is 34.5 Å². The molecule has 0 N–H and O–H groups in total. The van der Waals surface area contributed by atoms with E-state index >= 15 is 0 Å². The lowest BCUT2D eigenvalue weighted by Crippen LogP contribution is -2.27. The van der Waals surface area contributed by atoms with Crippen LogP contribution in [0.3, 0.4) is 0 Å². The SMILES string of the molecule is COc1cc(N2CC(Br)CC2C)ncn1. The van der Waals surface area contributed by atoms with Gasteiger partial charge in [0.1, 0.15) is 12.1 Å². The number of hydrogen-bond donors (Lipinski definition) is 0. The minimum Gasteiger partial charge on any atom is -0.481 e. The molecule has 5 heteroatoms. The molecule has 0 aromatic carbocycles. The summed E-state index contributed by atoms with van der Waals surface area (Å²) < 4.78 is 5.09. The first-order valence-corrected chi connectivity index (χ1v) is 5.89. The van der Waals surface area contributed by atoms with Crippen molar-refractivity contribution >= 4 is 21.7 Å². The summed E-state index contributed by atoms with van der Waals surface area (Å²) in [5.74, 6) is 1.56. The van der Waals surface area contributed by atoms with E-state index in [4.69, 9.17) is 4.74 Å². The lowest BCUT2D eigenvalue weighted by atomic mass is 10.2. The number of aromatic nitrogens is 2. The lowest BCUT2D eigenvalue weighted by Gasteiger charge is -2.22. The summed E-state index contributed by atoms with van der Waals surface area (Å²) >= 11 is 3.64. The highest BCUT2D eigenvalue weighted by atomic mass is 79.9. The molecule has 0 spiro atoms. The predicted molar refractivity (Wildman–Crippen MR) is 62.7 cm³/mol. The van der Waals surface area contributed by atoms with Crippen LogP contribution in [-0.2, 0) is 0 Å². The fourth-order valence-corrected chi connectivity index (χ4v) is 2.74. The molecule has 0 saturated carbocycles. The van der Waals surface area contributed by atoms with Crippen molar-refractivity contribution in [1.29, 1.82) is 0 Å². The molecule has 1 aromatic heterocycles. The third-order valence-corrected chi connectivity index (χ3v) is 3.32. The van der Waals surface area contributed by atoms with E-state index in [1.807, 2.05) is 6.07 Å². The standard InChI is InChI=1S/C10H14BrN3O/c1-7-3-8(11)5-14(7)9-4-10(15-2)13-6-12-9/h4,6-8H,3,5H2,1-2H3. The van der Waals surface area contributed by atoms with E-state index in [-0.39, 0.29) is 0 Å². The smallest absolute Gasteiger partial charge is 0.218 e. The molecular weight excluding hydrogens is 258 g/mol. The Hall–Kier alpha value is -0.840. The van der Waals surface area contributed by atoms with E-state index in [9.17, 15) is 0 Å². The summed E-state index contributed by atoms with van der Waals surface area (Å²) in [7, 11) is 1.62. The van der Waals surface area contributed by atoms with Gasteiger partial charge in [-0.3, -0.25) is 0 Å². The summed E-state index contributed by atoms with van der Waals surface area (Å²) in [5, 5.41) is 0. The van der Waals surface area contributed by atoms with Crippen LogP contribution in [0.25, 0.3) is 0 Å². The average Bonchev–Trinajstić information content (AvgIpc) is 2.58. The second-order valence-electron chi connectivity index (χ2n) is 3.75. The zero-order valence-corrected chi connectivity index (χ0v) is 10.4. The third kappa shape index (κ3) is 2.22. The Labute approximate surface area is 97.8 Å². The Morgan fingerprint density at radius 2 is 2.33 bits per heavy atom. The van der Waals surface area contributed by atoms with Crippen molar-refractivity contribution in [2.24, 2.45) is 0 Å². The van der Waals surface area contributed by atoms with Crippen molar-refractivity contribution in [2.75, 3.05) is 18.6 Å². The first-order valence-electron chi connectivity index (χ1n) is 4.97. The van der Waals surface area contributed by atoms with E-state index in [1.165, 1.54) is 0 Å². The maximum absolute atomic E-state index is 5.09. The number of halogens is 1. The third-order valence-electron chi connectivity index (χ3n) is 2.65. The number of alkyl halides is 1. The molecule has 0 radical (unpaired) electrons. The first kappa shape index (κ1) is 10.7. The van der Waals surface area contributed by atoms with Crippen molar-refractivity contribution in [1.82, 2.24) is 9.97 Å². The summed E-state index contributed by atoms with van der Waals surface area (Å²) in [5.41, 5.74) is 0. The molecule has 2 unspecified atom stereocenters.